The summed E-state index contributed by atoms with van der Waals surface area (Å²) in [4.78, 5) is 42.9. The van der Waals surface area contributed by atoms with Gasteiger partial charge in [0, 0.05) is 31.9 Å². The van der Waals surface area contributed by atoms with Gasteiger partial charge in [0.05, 0.1) is 0 Å². The molecule has 2 heterocycles. The van der Waals surface area contributed by atoms with Gasteiger partial charge in [0.15, 0.2) is 0 Å². The summed E-state index contributed by atoms with van der Waals surface area (Å²) in [7, 11) is 0. The van der Waals surface area contributed by atoms with E-state index in [1.807, 2.05) is 6.07 Å². The highest BCUT2D eigenvalue weighted by molar-refractivity contribution is 6.09. The van der Waals surface area contributed by atoms with Gasteiger partial charge in [0.25, 0.3) is 5.91 Å². The Morgan fingerprint density at radius 2 is 1.63 bits per heavy atom. The molecule has 0 aromatic heterocycles. The number of nitrogens with zero attached hydrogens (tertiary/aromatic N) is 3. The molecule has 0 spiro atoms. The molecule has 156 valence electrons. The quantitative estimate of drug-likeness (QED) is 0.782. The fraction of sp³-hybridized carbons (Fsp3) is 0.318. The van der Waals surface area contributed by atoms with Gasteiger partial charge in [0.1, 0.15) is 17.9 Å². The van der Waals surface area contributed by atoms with Crippen LogP contribution in [0.25, 0.3) is 0 Å². The van der Waals surface area contributed by atoms with Crippen molar-refractivity contribution >= 4 is 23.5 Å². The number of benzene rings is 2. The highest BCUT2D eigenvalue weighted by atomic mass is 19.1. The Morgan fingerprint density at radius 3 is 2.27 bits per heavy atom. The summed E-state index contributed by atoms with van der Waals surface area (Å²) in [6.07, 6.45) is 0. The van der Waals surface area contributed by atoms with E-state index in [0.717, 1.165) is 10.6 Å². The van der Waals surface area contributed by atoms with Gasteiger partial charge in [-0.3, -0.25) is 14.5 Å². The van der Waals surface area contributed by atoms with E-state index in [0.29, 0.717) is 31.7 Å². The number of hydrogen-bond donors (Lipinski definition) is 1. The minimum atomic E-state index is -1.18. The molecular formula is C22H23FN4O3. The number of carbonyl (C=O) groups excluding carboxylic acids is 3. The monoisotopic (exact) mass is 410 g/mol. The van der Waals surface area contributed by atoms with Crippen LogP contribution < -0.4 is 10.2 Å². The molecule has 4 amide bonds. The molecule has 0 saturated carbocycles. The second kappa shape index (κ2) is 7.78. The smallest absolute Gasteiger partial charge is 0.325 e. The zero-order chi connectivity index (χ0) is 21.3. The molecule has 2 aliphatic rings. The van der Waals surface area contributed by atoms with E-state index in [4.69, 9.17) is 0 Å². The number of piperazine rings is 1. The van der Waals surface area contributed by atoms with Gasteiger partial charge in [-0.25, -0.2) is 9.18 Å². The van der Waals surface area contributed by atoms with Gasteiger partial charge in [-0.05, 0) is 36.8 Å². The number of urea groups is 1. The Morgan fingerprint density at radius 1 is 1.00 bits per heavy atom. The molecule has 8 heteroatoms. The summed E-state index contributed by atoms with van der Waals surface area (Å²) >= 11 is 0. The Kier molecular flexibility index (Phi) is 5.15. The average Bonchev–Trinajstić information content (AvgIpc) is 2.99. The number of anilines is 1. The number of rotatable bonds is 4. The SMILES string of the molecule is C[C@]1(c2ccccc2)NC(=O)N(CC(=O)N2CCN(c3ccc(F)cc3)CC2)C1=O. The largest absolute Gasteiger partial charge is 0.368 e. The number of imide groups is 1. The summed E-state index contributed by atoms with van der Waals surface area (Å²) in [6, 6.07) is 14.7. The van der Waals surface area contributed by atoms with Crippen molar-refractivity contribution in [3.63, 3.8) is 0 Å². The van der Waals surface area contributed by atoms with Crippen LogP contribution in [0.5, 0.6) is 0 Å². The summed E-state index contributed by atoms with van der Waals surface area (Å²) in [6.45, 7) is 3.49. The van der Waals surface area contributed by atoms with Crippen LogP contribution in [0.2, 0.25) is 0 Å². The first-order chi connectivity index (χ1) is 14.4. The van der Waals surface area contributed by atoms with E-state index in [-0.39, 0.29) is 18.3 Å². The van der Waals surface area contributed by atoms with E-state index in [1.54, 1.807) is 48.2 Å². The molecule has 1 N–H and O–H groups in total. The van der Waals surface area contributed by atoms with Gasteiger partial charge < -0.3 is 15.1 Å². The molecular weight excluding hydrogens is 387 g/mol. The molecule has 0 bridgehead atoms. The van der Waals surface area contributed by atoms with Crippen molar-refractivity contribution in [1.82, 2.24) is 15.1 Å². The van der Waals surface area contributed by atoms with Crippen LogP contribution in [0.15, 0.2) is 54.6 Å². The maximum Gasteiger partial charge on any atom is 0.325 e. The first-order valence-corrected chi connectivity index (χ1v) is 9.86. The van der Waals surface area contributed by atoms with Crippen molar-refractivity contribution in [3.8, 4) is 0 Å². The van der Waals surface area contributed by atoms with Crippen molar-refractivity contribution in [2.45, 2.75) is 12.5 Å². The fourth-order valence-electron chi connectivity index (χ4n) is 3.91. The van der Waals surface area contributed by atoms with Gasteiger partial charge in [-0.2, -0.15) is 0 Å². The summed E-state index contributed by atoms with van der Waals surface area (Å²) in [5, 5.41) is 2.72. The van der Waals surface area contributed by atoms with Crippen LogP contribution in [0, 0.1) is 5.82 Å². The van der Waals surface area contributed by atoms with Crippen molar-refractivity contribution in [2.75, 3.05) is 37.6 Å². The van der Waals surface area contributed by atoms with Crippen LogP contribution in [-0.2, 0) is 15.1 Å². The average molecular weight is 410 g/mol. The Hall–Kier alpha value is -3.42. The van der Waals surface area contributed by atoms with E-state index in [2.05, 4.69) is 10.2 Å². The molecule has 4 rings (SSSR count). The lowest BCUT2D eigenvalue weighted by atomic mass is 9.92. The van der Waals surface area contributed by atoms with Crippen molar-refractivity contribution in [1.29, 1.82) is 0 Å². The fourth-order valence-corrected chi connectivity index (χ4v) is 3.91. The third kappa shape index (κ3) is 3.60. The van der Waals surface area contributed by atoms with Crippen molar-refractivity contribution in [3.05, 3.63) is 66.0 Å². The highest BCUT2D eigenvalue weighted by Gasteiger charge is 2.49. The van der Waals surface area contributed by atoms with E-state index in [9.17, 15) is 18.8 Å². The van der Waals surface area contributed by atoms with Crippen LogP contribution in [0.4, 0.5) is 14.9 Å². The molecule has 0 radical (unpaired) electrons. The van der Waals surface area contributed by atoms with Crippen LogP contribution in [0.1, 0.15) is 12.5 Å². The van der Waals surface area contributed by atoms with Gasteiger partial charge >= 0.3 is 6.03 Å². The third-order valence-electron chi connectivity index (χ3n) is 5.74. The molecule has 2 aromatic rings. The van der Waals surface area contributed by atoms with Crippen LogP contribution >= 0.6 is 0 Å². The van der Waals surface area contributed by atoms with Crippen molar-refractivity contribution in [2.24, 2.45) is 0 Å². The zero-order valence-corrected chi connectivity index (χ0v) is 16.7. The molecule has 2 saturated heterocycles. The number of halogens is 1. The van der Waals surface area contributed by atoms with Gasteiger partial charge in [-0.15, -0.1) is 0 Å². The van der Waals surface area contributed by atoms with E-state index in [1.165, 1.54) is 12.1 Å². The first kappa shape index (κ1) is 19.9. The van der Waals surface area contributed by atoms with Gasteiger partial charge in [0.2, 0.25) is 5.91 Å². The molecule has 0 aliphatic carbocycles. The van der Waals surface area contributed by atoms with Crippen LogP contribution in [0.3, 0.4) is 0 Å². The minimum Gasteiger partial charge on any atom is -0.368 e. The predicted molar refractivity (Wildman–Crippen MR) is 109 cm³/mol. The molecule has 2 aliphatic heterocycles. The van der Waals surface area contributed by atoms with Gasteiger partial charge in [-0.1, -0.05) is 30.3 Å². The Labute approximate surface area is 174 Å². The second-order valence-corrected chi connectivity index (χ2v) is 7.66. The summed E-state index contributed by atoms with van der Waals surface area (Å²) < 4.78 is 13.1. The number of carbonyl (C=O) groups is 3. The lowest BCUT2D eigenvalue weighted by Crippen LogP contribution is -2.52. The maximum atomic E-state index is 13.1. The maximum absolute atomic E-state index is 13.1. The van der Waals surface area contributed by atoms with Crippen molar-refractivity contribution < 1.29 is 18.8 Å². The Balaban J connectivity index is 1.38. The van der Waals surface area contributed by atoms with Crippen LogP contribution in [-0.4, -0.2) is 60.4 Å². The molecule has 0 unspecified atom stereocenters. The standard InChI is InChI=1S/C22H23FN4O3/c1-22(16-5-3-2-4-6-16)20(29)27(21(30)24-22)15-19(28)26-13-11-25(12-14-26)18-9-7-17(23)8-10-18/h2-10H,11-15H2,1H3,(H,24,30)/t22-/m1/s1. The highest BCUT2D eigenvalue weighted by Crippen LogP contribution is 2.28. The third-order valence-corrected chi connectivity index (χ3v) is 5.74. The van der Waals surface area contributed by atoms with E-state index < -0.39 is 17.5 Å². The molecule has 30 heavy (non-hydrogen) atoms. The second-order valence-electron chi connectivity index (χ2n) is 7.66. The topological polar surface area (TPSA) is 73.0 Å². The normalized spacial score (nSPS) is 21.7. The molecule has 1 atom stereocenters. The number of amides is 4. The predicted octanol–water partition coefficient (Wildman–Crippen LogP) is 1.94. The van der Waals surface area contributed by atoms with E-state index >= 15 is 0 Å². The first-order valence-electron chi connectivity index (χ1n) is 9.86. The molecule has 2 aromatic carbocycles. The lowest BCUT2D eigenvalue weighted by molar-refractivity contribution is -0.139. The lowest BCUT2D eigenvalue weighted by Gasteiger charge is -2.36. The number of nitrogens with one attached hydrogen (secondary N) is 1. The molecule has 7 nitrogen and oxygen atoms in total. The summed E-state index contributed by atoms with van der Waals surface area (Å²) in [5.74, 6) is -0.991. The number of hydrogen-bond acceptors (Lipinski definition) is 4. The minimum absolute atomic E-state index is 0.269. The summed E-state index contributed by atoms with van der Waals surface area (Å²) in [5.41, 5.74) is 0.391. The zero-order valence-electron chi connectivity index (χ0n) is 16.7. The molecule has 2 fully saturated rings. The Bertz CT molecular complexity index is 958.